The second kappa shape index (κ2) is 10.2. The number of nitrogens with zero attached hydrogens (tertiary/aromatic N) is 1. The third-order valence-electron chi connectivity index (χ3n) is 7.10. The van der Waals surface area contributed by atoms with Crippen LogP contribution in [0.1, 0.15) is 55.0 Å². The number of carbonyl (C=O) groups is 1. The van der Waals surface area contributed by atoms with Gasteiger partial charge < -0.3 is 15.5 Å². The molecule has 2 atom stereocenters. The highest BCUT2D eigenvalue weighted by molar-refractivity contribution is 5.85. The number of nitrogens with two attached hydrogens (primary N) is 1. The number of nitrogens with one attached hydrogen (secondary N) is 1. The van der Waals surface area contributed by atoms with Gasteiger partial charge in [-0.1, -0.05) is 36.4 Å². The number of halogens is 2. The average molecular weight is 498 g/mol. The SMILES string of the molecule is Cc1[nH]c2c(C(CC3(Cc4ccccc4)C=CC(F)=CC3)C(C)(C)OC(N)=O)ccnc2c1C.Cl. The number of aromatic amines is 1. The summed E-state index contributed by atoms with van der Waals surface area (Å²) in [5.41, 5.74) is 10.3. The molecule has 1 aromatic carbocycles. The number of H-pyrrole nitrogens is 1. The summed E-state index contributed by atoms with van der Waals surface area (Å²) in [4.78, 5) is 20.0. The maximum atomic E-state index is 14.1. The van der Waals surface area contributed by atoms with E-state index in [-0.39, 0.29) is 29.6 Å². The molecule has 186 valence electrons. The number of hydrogen-bond acceptors (Lipinski definition) is 3. The fraction of sp³-hybridized carbons (Fsp3) is 0.357. The summed E-state index contributed by atoms with van der Waals surface area (Å²) < 4.78 is 19.8. The lowest BCUT2D eigenvalue weighted by Crippen LogP contribution is -2.40. The Kier molecular flexibility index (Phi) is 7.75. The van der Waals surface area contributed by atoms with Gasteiger partial charge in [0, 0.05) is 17.8 Å². The van der Waals surface area contributed by atoms with Crippen LogP contribution in [-0.2, 0) is 11.2 Å². The van der Waals surface area contributed by atoms with Gasteiger partial charge in [0.2, 0.25) is 0 Å². The molecule has 2 aromatic heterocycles. The molecule has 3 aromatic rings. The van der Waals surface area contributed by atoms with Crippen molar-refractivity contribution in [3.63, 3.8) is 0 Å². The third kappa shape index (κ3) is 5.59. The first-order chi connectivity index (χ1) is 16.1. The van der Waals surface area contributed by atoms with Crippen molar-refractivity contribution in [1.82, 2.24) is 9.97 Å². The third-order valence-corrected chi connectivity index (χ3v) is 7.10. The molecule has 7 heteroatoms. The minimum absolute atomic E-state index is 0. The number of allylic oxidation sites excluding steroid dienone is 4. The van der Waals surface area contributed by atoms with E-state index in [1.165, 1.54) is 5.56 Å². The van der Waals surface area contributed by atoms with Gasteiger partial charge in [-0.25, -0.2) is 9.18 Å². The van der Waals surface area contributed by atoms with E-state index >= 15 is 0 Å². The van der Waals surface area contributed by atoms with Gasteiger partial charge in [-0.15, -0.1) is 12.4 Å². The van der Waals surface area contributed by atoms with Gasteiger partial charge in [0.15, 0.2) is 0 Å². The molecular formula is C28H33ClFN3O2. The molecule has 0 spiro atoms. The minimum Gasteiger partial charge on any atom is -0.443 e. The van der Waals surface area contributed by atoms with Gasteiger partial charge in [0.1, 0.15) is 11.4 Å². The first-order valence-electron chi connectivity index (χ1n) is 11.6. The van der Waals surface area contributed by atoms with Crippen LogP contribution in [0.2, 0.25) is 0 Å². The molecular weight excluding hydrogens is 465 g/mol. The number of hydrogen-bond donors (Lipinski definition) is 2. The van der Waals surface area contributed by atoms with Crippen molar-refractivity contribution in [2.75, 3.05) is 0 Å². The lowest BCUT2D eigenvalue weighted by Gasteiger charge is -2.41. The van der Waals surface area contributed by atoms with Crippen LogP contribution in [0.15, 0.2) is 66.6 Å². The molecule has 3 N–H and O–H groups in total. The summed E-state index contributed by atoms with van der Waals surface area (Å²) in [6.45, 7) is 7.83. The molecule has 0 fully saturated rings. The topological polar surface area (TPSA) is 81.0 Å². The zero-order valence-corrected chi connectivity index (χ0v) is 21.4. The number of benzene rings is 1. The van der Waals surface area contributed by atoms with Crippen LogP contribution in [0.25, 0.3) is 11.0 Å². The summed E-state index contributed by atoms with van der Waals surface area (Å²) in [6, 6.07) is 12.2. The van der Waals surface area contributed by atoms with E-state index in [1.807, 2.05) is 58.0 Å². The van der Waals surface area contributed by atoms with Crippen molar-refractivity contribution >= 4 is 29.5 Å². The van der Waals surface area contributed by atoms with Gasteiger partial charge in [-0.3, -0.25) is 4.98 Å². The van der Waals surface area contributed by atoms with Crippen molar-refractivity contribution < 1.29 is 13.9 Å². The van der Waals surface area contributed by atoms with Crippen LogP contribution in [-0.4, -0.2) is 21.7 Å². The van der Waals surface area contributed by atoms with Crippen LogP contribution in [0.5, 0.6) is 0 Å². The Balaban J connectivity index is 0.00000342. The van der Waals surface area contributed by atoms with E-state index in [4.69, 9.17) is 10.5 Å². The highest BCUT2D eigenvalue weighted by atomic mass is 35.5. The maximum Gasteiger partial charge on any atom is 0.405 e. The van der Waals surface area contributed by atoms with E-state index in [0.717, 1.165) is 34.3 Å². The lowest BCUT2D eigenvalue weighted by atomic mass is 9.66. The summed E-state index contributed by atoms with van der Waals surface area (Å²) in [5, 5.41) is 0. The minimum atomic E-state index is -0.912. The van der Waals surface area contributed by atoms with Crippen molar-refractivity contribution in [3.05, 3.63) is 89.0 Å². The second-order valence-electron chi connectivity index (χ2n) is 9.93. The molecule has 1 aliphatic carbocycles. The second-order valence-corrected chi connectivity index (χ2v) is 9.93. The Labute approximate surface area is 212 Å². The maximum absolute atomic E-state index is 14.1. The standard InChI is InChI=1S/C28H32FN3O2.ClH/c1-18-19(2)32-25-22(12-15-31-24(18)25)23(27(3,4)34-26(30)33)17-28(13-10-21(29)11-14-28)16-20-8-6-5-7-9-20;/h5-13,15,23,32H,14,16-17H2,1-4H3,(H2,30,33);1H. The number of primary amides is 1. The summed E-state index contributed by atoms with van der Waals surface area (Å²) in [7, 11) is 0. The van der Waals surface area contributed by atoms with Gasteiger partial charge in [-0.2, -0.15) is 0 Å². The fourth-order valence-electron chi connectivity index (χ4n) is 5.16. The van der Waals surface area contributed by atoms with Crippen LogP contribution < -0.4 is 5.73 Å². The lowest BCUT2D eigenvalue weighted by molar-refractivity contribution is 0.0129. The fourth-order valence-corrected chi connectivity index (χ4v) is 5.16. The number of amides is 1. The predicted octanol–water partition coefficient (Wildman–Crippen LogP) is 6.99. The quantitative estimate of drug-likeness (QED) is 0.369. The smallest absolute Gasteiger partial charge is 0.405 e. The molecule has 1 aliphatic rings. The molecule has 5 nitrogen and oxygen atoms in total. The highest BCUT2D eigenvalue weighted by Gasteiger charge is 2.42. The molecule has 0 aliphatic heterocycles. The molecule has 4 rings (SSSR count). The van der Waals surface area contributed by atoms with Crippen LogP contribution in [0.3, 0.4) is 0 Å². The summed E-state index contributed by atoms with van der Waals surface area (Å²) in [6.07, 6.45) is 8.06. The molecule has 35 heavy (non-hydrogen) atoms. The number of aromatic nitrogens is 2. The highest BCUT2D eigenvalue weighted by Crippen LogP contribution is 2.48. The molecule has 0 bridgehead atoms. The molecule has 2 unspecified atom stereocenters. The van der Waals surface area contributed by atoms with Gasteiger partial charge >= 0.3 is 6.09 Å². The van der Waals surface area contributed by atoms with Crippen LogP contribution in [0.4, 0.5) is 9.18 Å². The summed E-state index contributed by atoms with van der Waals surface area (Å²) >= 11 is 0. The Morgan fingerprint density at radius 1 is 1.26 bits per heavy atom. The largest absolute Gasteiger partial charge is 0.443 e. The number of pyridine rings is 1. The Morgan fingerprint density at radius 3 is 2.60 bits per heavy atom. The molecule has 0 saturated heterocycles. The van der Waals surface area contributed by atoms with Crippen molar-refractivity contribution in [2.24, 2.45) is 11.1 Å². The molecule has 0 radical (unpaired) electrons. The zero-order chi connectivity index (χ0) is 24.5. The normalized spacial score (nSPS) is 18.6. The number of fused-ring (bicyclic) bond motifs is 1. The molecule has 2 heterocycles. The number of carbonyl (C=O) groups excluding carboxylic acids is 1. The van der Waals surface area contributed by atoms with E-state index < -0.39 is 11.7 Å². The van der Waals surface area contributed by atoms with Crippen molar-refractivity contribution in [1.29, 1.82) is 0 Å². The number of rotatable bonds is 7. The monoisotopic (exact) mass is 497 g/mol. The van der Waals surface area contributed by atoms with Gasteiger partial charge in [0.05, 0.1) is 11.0 Å². The Bertz CT molecular complexity index is 1270. The summed E-state index contributed by atoms with van der Waals surface area (Å²) in [5.74, 6) is -0.458. The van der Waals surface area contributed by atoms with E-state index in [1.54, 1.807) is 18.3 Å². The van der Waals surface area contributed by atoms with E-state index in [9.17, 15) is 9.18 Å². The Hall–Kier alpha value is -3.12. The molecule has 1 amide bonds. The van der Waals surface area contributed by atoms with Crippen molar-refractivity contribution in [3.8, 4) is 0 Å². The van der Waals surface area contributed by atoms with Crippen LogP contribution in [0, 0.1) is 19.3 Å². The predicted molar refractivity (Wildman–Crippen MR) is 140 cm³/mol. The van der Waals surface area contributed by atoms with Gasteiger partial charge in [-0.05, 0) is 87.3 Å². The Morgan fingerprint density at radius 2 is 1.97 bits per heavy atom. The number of ether oxygens (including phenoxy) is 1. The van der Waals surface area contributed by atoms with E-state index in [0.29, 0.717) is 12.8 Å². The first kappa shape index (κ1) is 26.5. The van der Waals surface area contributed by atoms with Crippen LogP contribution >= 0.6 is 12.4 Å². The zero-order valence-electron chi connectivity index (χ0n) is 20.6. The number of aryl methyl sites for hydroxylation is 2. The molecule has 0 saturated carbocycles. The van der Waals surface area contributed by atoms with Gasteiger partial charge in [0.25, 0.3) is 0 Å². The van der Waals surface area contributed by atoms with E-state index in [2.05, 4.69) is 22.1 Å². The first-order valence-corrected chi connectivity index (χ1v) is 11.6. The average Bonchev–Trinajstić information content (AvgIpc) is 3.08. The van der Waals surface area contributed by atoms with Crippen molar-refractivity contribution in [2.45, 2.75) is 58.5 Å².